The van der Waals surface area contributed by atoms with Crippen LogP contribution in [0.25, 0.3) is 0 Å². The van der Waals surface area contributed by atoms with Gasteiger partial charge in [-0.3, -0.25) is 0 Å². The van der Waals surface area contributed by atoms with E-state index in [4.69, 9.17) is 4.74 Å². The second-order valence-electron chi connectivity index (χ2n) is 5.90. The lowest BCUT2D eigenvalue weighted by Crippen LogP contribution is -2.35. The number of rotatable bonds is 3. The standard InChI is InChI=1S/C16H24N2O/c1-18-9-3-4-13(11-18)12-19-16-6-2-5-14-10-17-8-7-15(14)16/h2,5-6,13,17H,3-4,7-12H2,1H3. The summed E-state index contributed by atoms with van der Waals surface area (Å²) < 4.78 is 6.14. The highest BCUT2D eigenvalue weighted by atomic mass is 16.5. The van der Waals surface area contributed by atoms with Crippen molar-refractivity contribution in [3.8, 4) is 5.75 Å². The average molecular weight is 260 g/mol. The van der Waals surface area contributed by atoms with Crippen molar-refractivity contribution in [2.45, 2.75) is 25.8 Å². The van der Waals surface area contributed by atoms with Gasteiger partial charge in [0.1, 0.15) is 5.75 Å². The van der Waals surface area contributed by atoms with Gasteiger partial charge < -0.3 is 15.0 Å². The van der Waals surface area contributed by atoms with Crippen molar-refractivity contribution >= 4 is 0 Å². The molecular weight excluding hydrogens is 236 g/mol. The van der Waals surface area contributed by atoms with Gasteiger partial charge in [0.05, 0.1) is 6.61 Å². The summed E-state index contributed by atoms with van der Waals surface area (Å²) in [6.07, 6.45) is 3.71. The number of nitrogens with zero attached hydrogens (tertiary/aromatic N) is 1. The number of benzene rings is 1. The van der Waals surface area contributed by atoms with Crippen molar-refractivity contribution in [1.82, 2.24) is 10.2 Å². The molecule has 2 heterocycles. The molecule has 1 aromatic rings. The van der Waals surface area contributed by atoms with E-state index in [1.54, 1.807) is 0 Å². The molecule has 1 atom stereocenters. The predicted octanol–water partition coefficient (Wildman–Crippen LogP) is 2.05. The van der Waals surface area contributed by atoms with Gasteiger partial charge in [-0.05, 0) is 56.6 Å². The Kier molecular flexibility index (Phi) is 4.04. The molecule has 0 aliphatic carbocycles. The fraction of sp³-hybridized carbons (Fsp3) is 0.625. The Balaban J connectivity index is 1.63. The molecule has 3 rings (SSSR count). The highest BCUT2D eigenvalue weighted by Crippen LogP contribution is 2.26. The van der Waals surface area contributed by atoms with Crippen LogP contribution in [-0.2, 0) is 13.0 Å². The molecule has 1 saturated heterocycles. The number of piperidine rings is 1. The van der Waals surface area contributed by atoms with E-state index in [2.05, 4.69) is 35.5 Å². The average Bonchev–Trinajstić information content (AvgIpc) is 2.45. The van der Waals surface area contributed by atoms with Crippen LogP contribution in [0.15, 0.2) is 18.2 Å². The number of hydrogen-bond donors (Lipinski definition) is 1. The molecule has 1 N–H and O–H groups in total. The van der Waals surface area contributed by atoms with Crippen molar-refractivity contribution in [2.75, 3.05) is 33.3 Å². The van der Waals surface area contributed by atoms with Crippen LogP contribution in [0.3, 0.4) is 0 Å². The van der Waals surface area contributed by atoms with Gasteiger partial charge in [-0.2, -0.15) is 0 Å². The lowest BCUT2D eigenvalue weighted by atomic mass is 9.98. The molecule has 1 fully saturated rings. The minimum Gasteiger partial charge on any atom is -0.493 e. The molecule has 1 aromatic carbocycles. The largest absolute Gasteiger partial charge is 0.493 e. The fourth-order valence-corrected chi connectivity index (χ4v) is 3.25. The third kappa shape index (κ3) is 3.10. The van der Waals surface area contributed by atoms with Crippen LogP contribution in [0, 0.1) is 5.92 Å². The van der Waals surface area contributed by atoms with Gasteiger partial charge in [-0.25, -0.2) is 0 Å². The summed E-state index contributed by atoms with van der Waals surface area (Å²) >= 11 is 0. The van der Waals surface area contributed by atoms with Gasteiger partial charge in [-0.1, -0.05) is 12.1 Å². The van der Waals surface area contributed by atoms with E-state index < -0.39 is 0 Å². The zero-order chi connectivity index (χ0) is 13.1. The minimum absolute atomic E-state index is 0.691. The van der Waals surface area contributed by atoms with Crippen molar-refractivity contribution in [3.05, 3.63) is 29.3 Å². The van der Waals surface area contributed by atoms with Crippen LogP contribution < -0.4 is 10.1 Å². The molecule has 2 aliphatic heterocycles. The Bertz CT molecular complexity index is 433. The van der Waals surface area contributed by atoms with Gasteiger partial charge in [0.15, 0.2) is 0 Å². The van der Waals surface area contributed by atoms with Gasteiger partial charge in [0.2, 0.25) is 0 Å². The zero-order valence-electron chi connectivity index (χ0n) is 11.8. The van der Waals surface area contributed by atoms with Gasteiger partial charge >= 0.3 is 0 Å². The Morgan fingerprint density at radius 1 is 1.42 bits per heavy atom. The number of likely N-dealkylation sites (tertiary alicyclic amines) is 1. The quantitative estimate of drug-likeness (QED) is 0.900. The lowest BCUT2D eigenvalue weighted by Gasteiger charge is -2.30. The monoisotopic (exact) mass is 260 g/mol. The normalized spacial score (nSPS) is 23.9. The van der Waals surface area contributed by atoms with Gasteiger partial charge in [0.25, 0.3) is 0 Å². The van der Waals surface area contributed by atoms with Crippen LogP contribution in [0.2, 0.25) is 0 Å². The SMILES string of the molecule is CN1CCCC(COc2cccc3c2CCNC3)C1. The Labute approximate surface area is 115 Å². The van der Waals surface area contributed by atoms with Crippen LogP contribution in [0.5, 0.6) is 5.75 Å². The molecule has 0 aromatic heterocycles. The van der Waals surface area contributed by atoms with Gasteiger partial charge in [0, 0.05) is 19.0 Å². The van der Waals surface area contributed by atoms with E-state index >= 15 is 0 Å². The summed E-state index contributed by atoms with van der Waals surface area (Å²) in [5, 5.41) is 3.42. The lowest BCUT2D eigenvalue weighted by molar-refractivity contribution is 0.149. The first kappa shape index (κ1) is 12.9. The minimum atomic E-state index is 0.691. The molecule has 3 nitrogen and oxygen atoms in total. The Morgan fingerprint density at radius 3 is 3.26 bits per heavy atom. The van der Waals surface area contributed by atoms with Gasteiger partial charge in [-0.15, -0.1) is 0 Å². The maximum atomic E-state index is 6.14. The fourth-order valence-electron chi connectivity index (χ4n) is 3.25. The van der Waals surface area contributed by atoms with Crippen LogP contribution in [0.1, 0.15) is 24.0 Å². The summed E-state index contributed by atoms with van der Waals surface area (Å²) in [4.78, 5) is 2.42. The Morgan fingerprint density at radius 2 is 2.37 bits per heavy atom. The second-order valence-corrected chi connectivity index (χ2v) is 5.90. The molecule has 1 unspecified atom stereocenters. The van der Waals surface area contributed by atoms with Crippen LogP contribution >= 0.6 is 0 Å². The molecule has 0 bridgehead atoms. The smallest absolute Gasteiger partial charge is 0.122 e. The summed E-state index contributed by atoms with van der Waals surface area (Å²) in [5.41, 5.74) is 2.83. The second kappa shape index (κ2) is 5.93. The van der Waals surface area contributed by atoms with Crippen molar-refractivity contribution < 1.29 is 4.74 Å². The molecule has 0 saturated carbocycles. The maximum absolute atomic E-state index is 6.14. The number of fused-ring (bicyclic) bond motifs is 1. The highest BCUT2D eigenvalue weighted by molar-refractivity contribution is 5.41. The summed E-state index contributed by atoms with van der Waals surface area (Å²) in [7, 11) is 2.21. The topological polar surface area (TPSA) is 24.5 Å². The van der Waals surface area contributed by atoms with E-state index in [-0.39, 0.29) is 0 Å². The van der Waals surface area contributed by atoms with E-state index in [0.717, 1.165) is 31.9 Å². The van der Waals surface area contributed by atoms with Crippen molar-refractivity contribution in [2.24, 2.45) is 5.92 Å². The summed E-state index contributed by atoms with van der Waals surface area (Å²) in [6.45, 7) is 5.34. The van der Waals surface area contributed by atoms with Crippen molar-refractivity contribution in [1.29, 1.82) is 0 Å². The number of hydrogen-bond acceptors (Lipinski definition) is 3. The molecule has 3 heteroatoms. The molecule has 0 radical (unpaired) electrons. The molecular formula is C16H24N2O. The molecule has 104 valence electrons. The number of ether oxygens (including phenoxy) is 1. The van der Waals surface area contributed by atoms with Crippen molar-refractivity contribution in [3.63, 3.8) is 0 Å². The molecule has 0 amide bonds. The van der Waals surface area contributed by atoms with Crippen LogP contribution in [0.4, 0.5) is 0 Å². The van der Waals surface area contributed by atoms with E-state index in [9.17, 15) is 0 Å². The maximum Gasteiger partial charge on any atom is 0.122 e. The highest BCUT2D eigenvalue weighted by Gasteiger charge is 2.19. The first-order valence-corrected chi connectivity index (χ1v) is 7.46. The third-order valence-corrected chi connectivity index (χ3v) is 4.29. The first-order chi connectivity index (χ1) is 9.33. The van der Waals surface area contributed by atoms with E-state index in [0.29, 0.717) is 5.92 Å². The molecule has 2 aliphatic rings. The van der Waals surface area contributed by atoms with Crippen LogP contribution in [-0.4, -0.2) is 38.2 Å². The zero-order valence-corrected chi connectivity index (χ0v) is 11.8. The summed E-state index contributed by atoms with van der Waals surface area (Å²) in [6, 6.07) is 6.47. The number of nitrogens with one attached hydrogen (secondary N) is 1. The first-order valence-electron chi connectivity index (χ1n) is 7.46. The Hall–Kier alpha value is -1.06. The van der Waals surface area contributed by atoms with E-state index in [1.165, 1.54) is 37.1 Å². The molecule has 19 heavy (non-hydrogen) atoms. The predicted molar refractivity (Wildman–Crippen MR) is 77.6 cm³/mol. The summed E-state index contributed by atoms with van der Waals surface area (Å²) in [5.74, 6) is 1.81. The third-order valence-electron chi connectivity index (χ3n) is 4.29. The van der Waals surface area contributed by atoms with E-state index in [1.807, 2.05) is 0 Å². The molecule has 0 spiro atoms.